The van der Waals surface area contributed by atoms with Crippen molar-refractivity contribution in [3.05, 3.63) is 24.3 Å². The van der Waals surface area contributed by atoms with Crippen LogP contribution in [0.2, 0.25) is 0 Å². The highest BCUT2D eigenvalue weighted by Gasteiger charge is 2.33. The number of rotatable bonds is 3. The molecule has 0 unspecified atom stereocenters. The van der Waals surface area contributed by atoms with E-state index in [9.17, 15) is 9.90 Å². The molecule has 3 rings (SSSR count). The lowest BCUT2D eigenvalue weighted by Crippen LogP contribution is -3.19. The normalized spacial score (nSPS) is 21.1. The minimum atomic E-state index is 0.0459. The number of anilines is 1. The highest BCUT2D eigenvalue weighted by atomic mass is 16.3. The van der Waals surface area contributed by atoms with Crippen molar-refractivity contribution in [1.82, 2.24) is 4.90 Å². The van der Waals surface area contributed by atoms with Gasteiger partial charge in [-0.15, -0.1) is 0 Å². The van der Waals surface area contributed by atoms with E-state index in [0.29, 0.717) is 11.7 Å². The van der Waals surface area contributed by atoms with Crippen molar-refractivity contribution in [2.75, 3.05) is 44.2 Å². The maximum Gasteiger partial charge on any atom is 0.280 e. The number of likely N-dealkylation sites (tertiary alicyclic amines) is 1. The van der Waals surface area contributed by atoms with Crippen LogP contribution in [-0.4, -0.2) is 61.2 Å². The molecule has 2 aliphatic heterocycles. The summed E-state index contributed by atoms with van der Waals surface area (Å²) < 4.78 is 0. The van der Waals surface area contributed by atoms with E-state index in [2.05, 4.69) is 11.8 Å². The summed E-state index contributed by atoms with van der Waals surface area (Å²) in [6, 6.07) is 7.53. The first kappa shape index (κ1) is 15.2. The van der Waals surface area contributed by atoms with Gasteiger partial charge in [0.2, 0.25) is 0 Å². The fourth-order valence-corrected chi connectivity index (χ4v) is 3.59. The molecule has 0 spiro atoms. The van der Waals surface area contributed by atoms with E-state index >= 15 is 0 Å². The molecule has 2 heterocycles. The van der Waals surface area contributed by atoms with Crippen LogP contribution in [0.15, 0.2) is 24.3 Å². The van der Waals surface area contributed by atoms with Crippen LogP contribution in [0.3, 0.4) is 0 Å². The van der Waals surface area contributed by atoms with Gasteiger partial charge in [0.1, 0.15) is 5.75 Å². The zero-order valence-corrected chi connectivity index (χ0v) is 13.3. The van der Waals surface area contributed by atoms with Crippen molar-refractivity contribution in [2.45, 2.75) is 25.8 Å². The minimum Gasteiger partial charge on any atom is -0.506 e. The third-order valence-corrected chi connectivity index (χ3v) is 5.03. The van der Waals surface area contributed by atoms with Crippen molar-refractivity contribution in [3.63, 3.8) is 0 Å². The first-order chi connectivity index (χ1) is 10.7. The number of hydrogen-bond acceptors (Lipinski definition) is 3. The Balaban J connectivity index is 1.57. The lowest BCUT2D eigenvalue weighted by Gasteiger charge is -2.37. The summed E-state index contributed by atoms with van der Waals surface area (Å²) in [5.41, 5.74) is 0.903. The minimum absolute atomic E-state index is 0.0459. The van der Waals surface area contributed by atoms with E-state index in [0.717, 1.165) is 57.8 Å². The number of piperazine rings is 1. The average molecular weight is 304 g/mol. The molecule has 22 heavy (non-hydrogen) atoms. The average Bonchev–Trinajstić information content (AvgIpc) is 3.09. The van der Waals surface area contributed by atoms with Crippen LogP contribution in [0.5, 0.6) is 5.75 Å². The van der Waals surface area contributed by atoms with Gasteiger partial charge in [0.25, 0.3) is 5.91 Å². The van der Waals surface area contributed by atoms with E-state index < -0.39 is 0 Å². The molecule has 1 amide bonds. The fraction of sp³-hybridized carbons (Fsp3) is 0.588. The smallest absolute Gasteiger partial charge is 0.280 e. The van der Waals surface area contributed by atoms with Crippen molar-refractivity contribution in [1.29, 1.82) is 0 Å². The van der Waals surface area contributed by atoms with Crippen LogP contribution in [0.4, 0.5) is 5.69 Å². The largest absolute Gasteiger partial charge is 0.506 e. The Morgan fingerprint density at radius 1 is 1.14 bits per heavy atom. The zero-order valence-electron chi connectivity index (χ0n) is 13.3. The van der Waals surface area contributed by atoms with Crippen molar-refractivity contribution >= 4 is 11.6 Å². The van der Waals surface area contributed by atoms with Crippen LogP contribution in [0.25, 0.3) is 0 Å². The number of amides is 1. The van der Waals surface area contributed by atoms with Gasteiger partial charge in [-0.3, -0.25) is 4.79 Å². The molecule has 2 aliphatic rings. The maximum absolute atomic E-state index is 12.5. The van der Waals surface area contributed by atoms with Gasteiger partial charge < -0.3 is 19.8 Å². The summed E-state index contributed by atoms with van der Waals surface area (Å²) in [7, 11) is 0. The molecule has 5 heteroatoms. The Kier molecular flexibility index (Phi) is 4.52. The molecule has 0 aromatic heterocycles. The van der Waals surface area contributed by atoms with E-state index in [1.807, 2.05) is 23.1 Å². The van der Waals surface area contributed by atoms with Gasteiger partial charge in [0.05, 0.1) is 31.9 Å². The topological polar surface area (TPSA) is 48.2 Å². The lowest BCUT2D eigenvalue weighted by molar-refractivity contribution is -0.915. The fourth-order valence-electron chi connectivity index (χ4n) is 3.59. The molecule has 1 aromatic rings. The second-order valence-corrected chi connectivity index (χ2v) is 6.39. The van der Waals surface area contributed by atoms with Gasteiger partial charge in [-0.25, -0.2) is 0 Å². The number of phenols is 1. The summed E-state index contributed by atoms with van der Waals surface area (Å²) in [4.78, 5) is 18.1. The number of nitrogens with one attached hydrogen (secondary N) is 1. The maximum atomic E-state index is 12.5. The van der Waals surface area contributed by atoms with Crippen molar-refractivity contribution < 1.29 is 14.8 Å². The first-order valence-corrected chi connectivity index (χ1v) is 8.33. The summed E-state index contributed by atoms with van der Waals surface area (Å²) in [5, 5.41) is 9.96. The molecule has 2 N–H and O–H groups in total. The van der Waals surface area contributed by atoms with Crippen LogP contribution >= 0.6 is 0 Å². The third kappa shape index (κ3) is 3.04. The number of phenolic OH excluding ortho intramolecular Hbond substituents is 1. The number of carbonyl (C=O) groups excluding carboxylic acids is 1. The Labute approximate surface area is 132 Å². The van der Waals surface area contributed by atoms with E-state index in [4.69, 9.17) is 0 Å². The summed E-state index contributed by atoms with van der Waals surface area (Å²) in [5.74, 6) is 0.649. The zero-order chi connectivity index (χ0) is 15.5. The highest BCUT2D eigenvalue weighted by Crippen LogP contribution is 2.26. The number of nitrogens with zero attached hydrogens (tertiary/aromatic N) is 2. The Hall–Kier alpha value is -1.75. The van der Waals surface area contributed by atoms with Gasteiger partial charge in [0, 0.05) is 13.1 Å². The predicted octanol–water partition coefficient (Wildman–Crippen LogP) is 0.108. The second-order valence-electron chi connectivity index (χ2n) is 6.39. The lowest BCUT2D eigenvalue weighted by atomic mass is 10.2. The Bertz CT molecular complexity index is 520. The number of hydrogen-bond donors (Lipinski definition) is 2. The Morgan fingerprint density at radius 3 is 2.41 bits per heavy atom. The van der Waals surface area contributed by atoms with Gasteiger partial charge in [-0.05, 0) is 31.9 Å². The molecule has 120 valence electrons. The van der Waals surface area contributed by atoms with Gasteiger partial charge in [-0.1, -0.05) is 12.1 Å². The van der Waals surface area contributed by atoms with Crippen molar-refractivity contribution in [3.8, 4) is 5.75 Å². The summed E-state index contributed by atoms with van der Waals surface area (Å²) in [6.45, 7) is 7.56. The Morgan fingerprint density at radius 2 is 1.77 bits per heavy atom. The molecule has 1 aromatic carbocycles. The number of quaternary nitrogens is 1. The number of benzene rings is 1. The van der Waals surface area contributed by atoms with E-state index in [1.165, 1.54) is 4.90 Å². The van der Waals surface area contributed by atoms with Gasteiger partial charge in [0.15, 0.2) is 6.04 Å². The molecule has 1 atom stereocenters. The van der Waals surface area contributed by atoms with Crippen LogP contribution in [0, 0.1) is 0 Å². The second kappa shape index (κ2) is 6.57. The standard InChI is InChI=1S/C17H25N3O2/c1-14(17(22)20-8-4-5-9-20)18-10-12-19(13-11-18)15-6-2-3-7-16(15)21/h2-3,6-7,14,21H,4-5,8-13H2,1H3/p+1/t14-/m1/s1. The molecule has 2 fully saturated rings. The van der Waals surface area contributed by atoms with E-state index in [-0.39, 0.29) is 6.04 Å². The molecule has 0 bridgehead atoms. The van der Waals surface area contributed by atoms with Gasteiger partial charge in [-0.2, -0.15) is 0 Å². The summed E-state index contributed by atoms with van der Waals surface area (Å²) >= 11 is 0. The van der Waals surface area contributed by atoms with Crippen molar-refractivity contribution in [2.24, 2.45) is 0 Å². The number of para-hydroxylation sites is 2. The SMILES string of the molecule is C[C@H](C(=O)N1CCCC1)[NH+]1CCN(c2ccccc2O)CC1. The molecular formula is C17H26N3O2+. The highest BCUT2D eigenvalue weighted by molar-refractivity contribution is 5.80. The van der Waals surface area contributed by atoms with Crippen LogP contribution in [0.1, 0.15) is 19.8 Å². The molecular weight excluding hydrogens is 278 g/mol. The molecule has 0 aliphatic carbocycles. The number of aromatic hydroxyl groups is 1. The number of carbonyl (C=O) groups is 1. The van der Waals surface area contributed by atoms with E-state index in [1.54, 1.807) is 6.07 Å². The summed E-state index contributed by atoms with van der Waals surface area (Å²) in [6.07, 6.45) is 2.30. The predicted molar refractivity (Wildman–Crippen MR) is 86.3 cm³/mol. The first-order valence-electron chi connectivity index (χ1n) is 8.33. The quantitative estimate of drug-likeness (QED) is 0.833. The molecule has 0 saturated carbocycles. The third-order valence-electron chi connectivity index (χ3n) is 5.03. The van der Waals surface area contributed by atoms with Crippen LogP contribution in [-0.2, 0) is 4.79 Å². The molecule has 2 saturated heterocycles. The van der Waals surface area contributed by atoms with Gasteiger partial charge >= 0.3 is 0 Å². The molecule has 0 radical (unpaired) electrons. The molecule has 5 nitrogen and oxygen atoms in total. The van der Waals surface area contributed by atoms with Crippen LogP contribution < -0.4 is 9.80 Å². The monoisotopic (exact) mass is 304 g/mol.